The van der Waals surface area contributed by atoms with Crippen LogP contribution in [0.4, 0.5) is 0 Å². The van der Waals surface area contributed by atoms with Crippen LogP contribution in [0.3, 0.4) is 0 Å². The molecule has 0 saturated heterocycles. The van der Waals surface area contributed by atoms with Gasteiger partial charge in [0.25, 0.3) is 0 Å². The van der Waals surface area contributed by atoms with Crippen LogP contribution in [0, 0.1) is 0 Å². The number of hydrogen-bond acceptors (Lipinski definition) is 3. The summed E-state index contributed by atoms with van der Waals surface area (Å²) < 4.78 is 27.6. The number of hydrogen-bond donors (Lipinski definition) is 2. The third-order valence-corrected chi connectivity index (χ3v) is 5.73. The zero-order valence-corrected chi connectivity index (χ0v) is 13.6. The monoisotopic (exact) mass is 336 g/mol. The Morgan fingerprint density at radius 1 is 1.25 bits per heavy atom. The second kappa shape index (κ2) is 6.62. The van der Waals surface area contributed by atoms with Crippen LogP contribution in [-0.4, -0.2) is 21.5 Å². The fraction of sp³-hybridized carbons (Fsp3) is 0.538. The highest BCUT2D eigenvalue weighted by Gasteiger charge is 2.26. The summed E-state index contributed by atoms with van der Waals surface area (Å²) in [6.07, 6.45) is 3.87. The summed E-state index contributed by atoms with van der Waals surface area (Å²) in [4.78, 5) is 0.0591. The molecular weight excluding hydrogens is 319 g/mol. The van der Waals surface area contributed by atoms with Crippen molar-refractivity contribution < 1.29 is 8.42 Å². The Hall–Kier alpha value is -0.330. The number of sulfonamides is 1. The first-order chi connectivity index (χ1) is 9.44. The molecule has 0 amide bonds. The Bertz CT molecular complexity index is 584. The lowest BCUT2D eigenvalue weighted by Crippen LogP contribution is -2.33. The molecule has 2 N–H and O–H groups in total. The topological polar surface area (TPSA) is 58.2 Å². The van der Waals surface area contributed by atoms with Crippen LogP contribution < -0.4 is 10.0 Å². The van der Waals surface area contributed by atoms with Crippen molar-refractivity contribution in [2.45, 2.75) is 43.2 Å². The fourth-order valence-corrected chi connectivity index (χ4v) is 4.70. The first-order valence-electron chi connectivity index (χ1n) is 6.59. The summed E-state index contributed by atoms with van der Waals surface area (Å²) >= 11 is 12.2. The first-order valence-corrected chi connectivity index (χ1v) is 8.83. The predicted molar refractivity (Wildman–Crippen MR) is 81.8 cm³/mol. The average molecular weight is 337 g/mol. The van der Waals surface area contributed by atoms with Crippen molar-refractivity contribution in [1.29, 1.82) is 0 Å². The van der Waals surface area contributed by atoms with Gasteiger partial charge in [0.1, 0.15) is 4.90 Å². The summed E-state index contributed by atoms with van der Waals surface area (Å²) in [7, 11) is -1.87. The average Bonchev–Trinajstić information content (AvgIpc) is 2.85. The second-order valence-corrected chi connectivity index (χ2v) is 7.51. The highest BCUT2D eigenvalue weighted by Crippen LogP contribution is 2.30. The smallest absolute Gasteiger partial charge is 0.242 e. The largest absolute Gasteiger partial charge is 0.316 e. The van der Waals surface area contributed by atoms with E-state index in [1.165, 1.54) is 6.07 Å². The van der Waals surface area contributed by atoms with E-state index in [0.29, 0.717) is 17.1 Å². The van der Waals surface area contributed by atoms with E-state index in [1.54, 1.807) is 13.1 Å². The molecule has 0 heterocycles. The third-order valence-electron chi connectivity index (χ3n) is 3.41. The second-order valence-electron chi connectivity index (χ2n) is 5.01. The van der Waals surface area contributed by atoms with Crippen molar-refractivity contribution in [3.8, 4) is 0 Å². The zero-order valence-electron chi connectivity index (χ0n) is 11.2. The SMILES string of the molecule is CNCc1cc(Cl)cc(S(=O)(=O)NC2CCCC2)c1Cl. The summed E-state index contributed by atoms with van der Waals surface area (Å²) in [5.41, 5.74) is 0.675. The molecule has 1 aromatic rings. The molecule has 112 valence electrons. The molecule has 7 heteroatoms. The maximum absolute atomic E-state index is 12.4. The van der Waals surface area contributed by atoms with Gasteiger partial charge in [0.05, 0.1) is 5.02 Å². The van der Waals surface area contributed by atoms with E-state index in [1.807, 2.05) is 0 Å². The molecule has 0 aromatic heterocycles. The molecule has 1 aliphatic carbocycles. The van der Waals surface area contributed by atoms with Crippen LogP contribution in [0.1, 0.15) is 31.2 Å². The summed E-state index contributed by atoms with van der Waals surface area (Å²) in [6.45, 7) is 0.464. The molecule has 1 fully saturated rings. The van der Waals surface area contributed by atoms with E-state index in [0.717, 1.165) is 25.7 Å². The van der Waals surface area contributed by atoms with Crippen LogP contribution in [-0.2, 0) is 16.6 Å². The van der Waals surface area contributed by atoms with Gasteiger partial charge < -0.3 is 5.32 Å². The number of rotatable bonds is 5. The fourth-order valence-electron chi connectivity index (χ4n) is 2.46. The van der Waals surface area contributed by atoms with Crippen molar-refractivity contribution in [2.75, 3.05) is 7.05 Å². The van der Waals surface area contributed by atoms with Crippen molar-refractivity contribution in [2.24, 2.45) is 0 Å². The minimum absolute atomic E-state index is 0.00259. The van der Waals surface area contributed by atoms with E-state index in [9.17, 15) is 8.42 Å². The molecule has 0 atom stereocenters. The Kier molecular flexibility index (Phi) is 5.31. The normalized spacial score (nSPS) is 16.8. The molecule has 1 aromatic carbocycles. The molecular formula is C13H18Cl2N2O2S. The molecule has 20 heavy (non-hydrogen) atoms. The lowest BCUT2D eigenvalue weighted by atomic mass is 10.2. The van der Waals surface area contributed by atoms with Crippen molar-refractivity contribution >= 4 is 33.2 Å². The maximum atomic E-state index is 12.4. The lowest BCUT2D eigenvalue weighted by Gasteiger charge is -2.15. The van der Waals surface area contributed by atoms with Gasteiger partial charge in [0.2, 0.25) is 10.0 Å². The van der Waals surface area contributed by atoms with E-state index >= 15 is 0 Å². The molecule has 0 radical (unpaired) electrons. The van der Waals surface area contributed by atoms with E-state index < -0.39 is 10.0 Å². The molecule has 0 bridgehead atoms. The first kappa shape index (κ1) is 16.0. The molecule has 4 nitrogen and oxygen atoms in total. The van der Waals surface area contributed by atoms with Crippen LogP contribution >= 0.6 is 23.2 Å². The standard InChI is InChI=1S/C13H18Cl2N2O2S/c1-16-8-9-6-10(14)7-12(13(9)15)20(18,19)17-11-4-2-3-5-11/h6-7,11,16-17H,2-5,8H2,1H3. The molecule has 2 rings (SSSR count). The highest BCUT2D eigenvalue weighted by atomic mass is 35.5. The molecule has 1 saturated carbocycles. The number of benzene rings is 1. The van der Waals surface area contributed by atoms with E-state index in [2.05, 4.69) is 10.0 Å². The van der Waals surface area contributed by atoms with Gasteiger partial charge in [-0.15, -0.1) is 0 Å². The molecule has 0 unspecified atom stereocenters. The van der Waals surface area contributed by atoms with Crippen molar-refractivity contribution in [3.63, 3.8) is 0 Å². The quantitative estimate of drug-likeness (QED) is 0.869. The van der Waals surface area contributed by atoms with Crippen LogP contribution in [0.5, 0.6) is 0 Å². The number of halogens is 2. The Morgan fingerprint density at radius 3 is 2.50 bits per heavy atom. The van der Waals surface area contributed by atoms with Gasteiger partial charge in [0, 0.05) is 17.6 Å². The molecule has 0 spiro atoms. The minimum Gasteiger partial charge on any atom is -0.316 e. The van der Waals surface area contributed by atoms with Crippen molar-refractivity contribution in [3.05, 3.63) is 27.7 Å². The molecule has 1 aliphatic rings. The summed E-state index contributed by atoms with van der Waals surface area (Å²) in [5.74, 6) is 0. The van der Waals surface area contributed by atoms with Gasteiger partial charge in [-0.25, -0.2) is 13.1 Å². The van der Waals surface area contributed by atoms with Crippen LogP contribution in [0.25, 0.3) is 0 Å². The summed E-state index contributed by atoms with van der Waals surface area (Å²) in [6, 6.07) is 3.08. The van der Waals surface area contributed by atoms with Gasteiger partial charge in [-0.1, -0.05) is 36.0 Å². The van der Waals surface area contributed by atoms with Gasteiger partial charge in [-0.2, -0.15) is 0 Å². The Balaban J connectivity index is 2.34. The van der Waals surface area contributed by atoms with Gasteiger partial charge in [-0.05, 0) is 37.6 Å². The lowest BCUT2D eigenvalue weighted by molar-refractivity contribution is 0.552. The maximum Gasteiger partial charge on any atom is 0.242 e. The third kappa shape index (κ3) is 3.65. The van der Waals surface area contributed by atoms with Gasteiger partial charge in [-0.3, -0.25) is 0 Å². The van der Waals surface area contributed by atoms with Crippen LogP contribution in [0.15, 0.2) is 17.0 Å². The summed E-state index contributed by atoms with van der Waals surface area (Å²) in [5, 5.41) is 3.54. The van der Waals surface area contributed by atoms with Gasteiger partial charge >= 0.3 is 0 Å². The Labute approximate surface area is 129 Å². The zero-order chi connectivity index (χ0) is 14.8. The molecule has 0 aliphatic heterocycles. The van der Waals surface area contributed by atoms with E-state index in [-0.39, 0.29) is 16.0 Å². The highest BCUT2D eigenvalue weighted by molar-refractivity contribution is 7.89. The van der Waals surface area contributed by atoms with Gasteiger partial charge in [0.15, 0.2) is 0 Å². The Morgan fingerprint density at radius 2 is 1.90 bits per heavy atom. The van der Waals surface area contributed by atoms with Crippen molar-refractivity contribution in [1.82, 2.24) is 10.0 Å². The predicted octanol–water partition coefficient (Wildman–Crippen LogP) is 2.93. The number of nitrogens with one attached hydrogen (secondary N) is 2. The van der Waals surface area contributed by atoms with E-state index in [4.69, 9.17) is 23.2 Å². The van der Waals surface area contributed by atoms with Crippen LogP contribution in [0.2, 0.25) is 10.0 Å². The minimum atomic E-state index is -3.63.